The fourth-order valence-electron chi connectivity index (χ4n) is 4.03. The number of benzene rings is 1. The molecule has 1 amide bonds. The number of fused-ring (bicyclic) bond motifs is 1. The van der Waals surface area contributed by atoms with Crippen molar-refractivity contribution < 1.29 is 9.18 Å². The Morgan fingerprint density at radius 2 is 1.86 bits per heavy atom. The zero-order chi connectivity index (χ0) is 24.9. The highest BCUT2D eigenvalue weighted by Gasteiger charge is 2.15. The highest BCUT2D eigenvalue weighted by molar-refractivity contribution is 6.00. The standard InChI is InChI=1S/C26H25FN8O/c1-34-11-13-35(14-12-34)23-6-5-20(17-29-23)32-26-30-16-18-3-2-4-21(25(18)33-26)22-15-19(8-10-28-22)31-24(36)7-9-27/h2-10,15-17H,11-14H2,1H3,(H,28,31,36)(H,30,32,33)/b9-7-. The molecule has 2 N–H and O–H groups in total. The van der Waals surface area contributed by atoms with Crippen molar-refractivity contribution in [3.8, 4) is 11.3 Å². The largest absolute Gasteiger partial charge is 0.354 e. The summed E-state index contributed by atoms with van der Waals surface area (Å²) in [5.41, 5.74) is 3.38. The summed E-state index contributed by atoms with van der Waals surface area (Å²) in [4.78, 5) is 34.5. The van der Waals surface area contributed by atoms with Crippen LogP contribution in [-0.2, 0) is 4.79 Å². The second-order valence-corrected chi connectivity index (χ2v) is 8.47. The van der Waals surface area contributed by atoms with E-state index in [2.05, 4.69) is 42.4 Å². The van der Waals surface area contributed by atoms with Gasteiger partial charge in [0.05, 0.1) is 29.4 Å². The van der Waals surface area contributed by atoms with E-state index in [0.717, 1.165) is 54.7 Å². The SMILES string of the molecule is CN1CCN(c2ccc(Nc3ncc4cccc(-c5cc(NC(=O)/C=C\F)ccn5)c4n3)cn2)CC1. The van der Waals surface area contributed by atoms with E-state index < -0.39 is 5.91 Å². The minimum absolute atomic E-state index is 0.197. The minimum atomic E-state index is -0.561. The van der Waals surface area contributed by atoms with Crippen molar-refractivity contribution in [3.63, 3.8) is 0 Å². The molecule has 0 saturated carbocycles. The van der Waals surface area contributed by atoms with Gasteiger partial charge in [-0.05, 0) is 31.3 Å². The smallest absolute Gasteiger partial charge is 0.250 e. The average molecular weight is 485 g/mol. The Hall–Kier alpha value is -4.44. The van der Waals surface area contributed by atoms with Gasteiger partial charge in [0.2, 0.25) is 5.95 Å². The van der Waals surface area contributed by atoms with Crippen LogP contribution < -0.4 is 15.5 Å². The third kappa shape index (κ3) is 5.28. The Balaban J connectivity index is 1.38. The number of nitrogens with one attached hydrogen (secondary N) is 2. The van der Waals surface area contributed by atoms with Gasteiger partial charge in [0.15, 0.2) is 0 Å². The predicted molar refractivity (Wildman–Crippen MR) is 139 cm³/mol. The summed E-state index contributed by atoms with van der Waals surface area (Å²) < 4.78 is 12.3. The molecule has 182 valence electrons. The van der Waals surface area contributed by atoms with Crippen LogP contribution in [0.2, 0.25) is 0 Å². The van der Waals surface area contributed by atoms with E-state index in [4.69, 9.17) is 4.98 Å². The summed E-state index contributed by atoms with van der Waals surface area (Å²) in [5, 5.41) is 6.69. The van der Waals surface area contributed by atoms with Crippen LogP contribution in [0.25, 0.3) is 22.2 Å². The number of likely N-dealkylation sites (N-methyl/N-ethyl adjacent to an activating group) is 1. The second-order valence-electron chi connectivity index (χ2n) is 8.47. The molecule has 36 heavy (non-hydrogen) atoms. The van der Waals surface area contributed by atoms with Crippen LogP contribution in [0.5, 0.6) is 0 Å². The normalized spacial score (nSPS) is 14.3. The number of aromatic nitrogens is 4. The zero-order valence-electron chi connectivity index (χ0n) is 19.7. The number of halogens is 1. The average Bonchev–Trinajstić information content (AvgIpc) is 2.89. The number of nitrogens with zero attached hydrogens (tertiary/aromatic N) is 6. The van der Waals surface area contributed by atoms with E-state index in [1.807, 2.05) is 30.3 Å². The molecule has 1 fully saturated rings. The molecule has 10 heteroatoms. The summed E-state index contributed by atoms with van der Waals surface area (Å²) in [6, 6.07) is 13.1. The zero-order valence-corrected chi connectivity index (χ0v) is 19.7. The minimum Gasteiger partial charge on any atom is -0.354 e. The van der Waals surface area contributed by atoms with Gasteiger partial charge in [-0.1, -0.05) is 18.2 Å². The molecule has 4 aromatic rings. The van der Waals surface area contributed by atoms with Crippen molar-refractivity contribution in [1.29, 1.82) is 0 Å². The summed E-state index contributed by atoms with van der Waals surface area (Å²) >= 11 is 0. The number of amides is 1. The molecule has 9 nitrogen and oxygen atoms in total. The third-order valence-corrected chi connectivity index (χ3v) is 5.96. The Morgan fingerprint density at radius 3 is 2.64 bits per heavy atom. The molecule has 1 saturated heterocycles. The monoisotopic (exact) mass is 484 g/mol. The number of piperazine rings is 1. The van der Waals surface area contributed by atoms with Gasteiger partial charge in [0.25, 0.3) is 5.91 Å². The molecule has 4 heterocycles. The van der Waals surface area contributed by atoms with Crippen molar-refractivity contribution >= 4 is 40.0 Å². The van der Waals surface area contributed by atoms with Crippen LogP contribution in [0.15, 0.2) is 73.5 Å². The number of anilines is 4. The maximum atomic E-state index is 12.3. The van der Waals surface area contributed by atoms with Gasteiger partial charge in [0, 0.05) is 61.3 Å². The Kier molecular flexibility index (Phi) is 6.76. The lowest BCUT2D eigenvalue weighted by molar-refractivity contribution is -0.111. The van der Waals surface area contributed by atoms with Crippen LogP contribution in [-0.4, -0.2) is 64.0 Å². The van der Waals surface area contributed by atoms with E-state index in [-0.39, 0.29) is 6.33 Å². The molecule has 0 atom stereocenters. The molecule has 0 aliphatic carbocycles. The Bertz CT molecular complexity index is 1400. The number of rotatable bonds is 6. The summed E-state index contributed by atoms with van der Waals surface area (Å²) in [6.07, 6.45) is 6.13. The number of hydrogen-bond donors (Lipinski definition) is 2. The Morgan fingerprint density at radius 1 is 1.00 bits per heavy atom. The third-order valence-electron chi connectivity index (χ3n) is 5.96. The van der Waals surface area contributed by atoms with Crippen molar-refractivity contribution in [2.24, 2.45) is 0 Å². The number of hydrogen-bond acceptors (Lipinski definition) is 8. The Labute approximate surface area is 207 Å². The lowest BCUT2D eigenvalue weighted by Gasteiger charge is -2.33. The van der Waals surface area contributed by atoms with Crippen LogP contribution in [0, 0.1) is 0 Å². The molecule has 5 rings (SSSR count). The van der Waals surface area contributed by atoms with E-state index in [0.29, 0.717) is 22.8 Å². The quantitative estimate of drug-likeness (QED) is 0.396. The van der Waals surface area contributed by atoms with Crippen LogP contribution in [0.3, 0.4) is 0 Å². The fourth-order valence-corrected chi connectivity index (χ4v) is 4.03. The van der Waals surface area contributed by atoms with Crippen LogP contribution >= 0.6 is 0 Å². The lowest BCUT2D eigenvalue weighted by Crippen LogP contribution is -2.44. The van der Waals surface area contributed by atoms with Crippen molar-refractivity contribution in [2.75, 3.05) is 48.8 Å². The first kappa shape index (κ1) is 23.3. The van der Waals surface area contributed by atoms with Gasteiger partial charge in [-0.25, -0.2) is 19.3 Å². The van der Waals surface area contributed by atoms with Gasteiger partial charge in [-0.2, -0.15) is 0 Å². The topological polar surface area (TPSA) is 99.2 Å². The maximum Gasteiger partial charge on any atom is 0.250 e. The molecule has 1 aliphatic rings. The van der Waals surface area contributed by atoms with E-state index in [9.17, 15) is 9.18 Å². The van der Waals surface area contributed by atoms with E-state index in [1.54, 1.807) is 30.7 Å². The molecule has 0 radical (unpaired) electrons. The number of para-hydroxylation sites is 1. The van der Waals surface area contributed by atoms with Gasteiger partial charge in [-0.15, -0.1) is 0 Å². The first-order valence-corrected chi connectivity index (χ1v) is 11.6. The molecule has 3 aromatic heterocycles. The lowest BCUT2D eigenvalue weighted by atomic mass is 10.1. The summed E-state index contributed by atoms with van der Waals surface area (Å²) in [6.45, 7) is 3.96. The van der Waals surface area contributed by atoms with Gasteiger partial charge >= 0.3 is 0 Å². The summed E-state index contributed by atoms with van der Waals surface area (Å²) in [7, 11) is 2.13. The molecule has 0 spiro atoms. The molecule has 0 unspecified atom stereocenters. The molecule has 1 aromatic carbocycles. The predicted octanol–water partition coefficient (Wildman–Crippen LogP) is 4.00. The molecular formula is C26H25FN8O. The van der Waals surface area contributed by atoms with Crippen molar-refractivity contribution in [2.45, 2.75) is 0 Å². The number of carbonyl (C=O) groups is 1. The van der Waals surface area contributed by atoms with Crippen LogP contribution in [0.1, 0.15) is 0 Å². The van der Waals surface area contributed by atoms with E-state index in [1.165, 1.54) is 0 Å². The molecule has 1 aliphatic heterocycles. The number of pyridine rings is 2. The molecule has 0 bridgehead atoms. The van der Waals surface area contributed by atoms with Gasteiger partial charge in [-0.3, -0.25) is 9.78 Å². The highest BCUT2D eigenvalue weighted by atomic mass is 19.1. The highest BCUT2D eigenvalue weighted by Crippen LogP contribution is 2.28. The van der Waals surface area contributed by atoms with E-state index >= 15 is 0 Å². The first-order valence-electron chi connectivity index (χ1n) is 11.6. The van der Waals surface area contributed by atoms with Crippen molar-refractivity contribution in [1.82, 2.24) is 24.8 Å². The van der Waals surface area contributed by atoms with Crippen LogP contribution in [0.4, 0.5) is 27.5 Å². The first-order chi connectivity index (χ1) is 17.6. The van der Waals surface area contributed by atoms with Gasteiger partial charge in [0.1, 0.15) is 5.82 Å². The number of carbonyl (C=O) groups excluding carboxylic acids is 1. The summed E-state index contributed by atoms with van der Waals surface area (Å²) in [5.74, 6) is 0.825. The van der Waals surface area contributed by atoms with Gasteiger partial charge < -0.3 is 20.4 Å². The second kappa shape index (κ2) is 10.4. The van der Waals surface area contributed by atoms with Crippen molar-refractivity contribution in [3.05, 3.63) is 73.5 Å². The molecular weight excluding hydrogens is 459 g/mol. The maximum absolute atomic E-state index is 12.3. The fraction of sp³-hybridized carbons (Fsp3) is 0.192.